The van der Waals surface area contributed by atoms with Crippen LogP contribution in [0.5, 0.6) is 0 Å². The zero-order valence-electron chi connectivity index (χ0n) is 36.7. The van der Waals surface area contributed by atoms with Crippen LogP contribution in [0, 0.1) is 10.1 Å². The van der Waals surface area contributed by atoms with Gasteiger partial charge in [0.25, 0.3) is 11.6 Å². The average molecular weight is 938 g/mol. The number of benzene rings is 4. The summed E-state index contributed by atoms with van der Waals surface area (Å²) < 4.78 is 10.8. The third-order valence-electron chi connectivity index (χ3n) is 10.2. The molecule has 0 saturated carbocycles. The number of thiazole rings is 1. The number of nitrogens with zero attached hydrogens (tertiary/aromatic N) is 3. The van der Waals surface area contributed by atoms with Crippen molar-refractivity contribution in [2.75, 3.05) is 11.9 Å². The van der Waals surface area contributed by atoms with Crippen LogP contribution in [0.3, 0.4) is 0 Å². The number of thioether (sulfide) groups is 1. The molecule has 0 radical (unpaired) electrons. The zero-order valence-corrected chi connectivity index (χ0v) is 39.4. The van der Waals surface area contributed by atoms with Crippen LogP contribution in [0.15, 0.2) is 126 Å². The molecule has 65 heavy (non-hydrogen) atoms. The molecule has 4 aromatic carbocycles. The van der Waals surface area contributed by atoms with Gasteiger partial charge in [-0.3, -0.25) is 19.7 Å². The van der Waals surface area contributed by atoms with E-state index in [0.29, 0.717) is 10.7 Å². The number of amides is 3. The van der Waals surface area contributed by atoms with E-state index in [1.165, 1.54) is 49.4 Å². The maximum Gasteiger partial charge on any atom is 0.408 e. The summed E-state index contributed by atoms with van der Waals surface area (Å²) in [6.07, 6.45) is -0.758. The second-order valence-corrected chi connectivity index (χ2v) is 24.8. The number of anilines is 1. The van der Waals surface area contributed by atoms with Crippen LogP contribution in [0.1, 0.15) is 48.7 Å². The average Bonchev–Trinajstić information content (AvgIpc) is 3.74. The number of ether oxygens (including phenoxy) is 2. The number of esters is 1. The van der Waals surface area contributed by atoms with E-state index in [0.717, 1.165) is 34.5 Å². The monoisotopic (exact) mass is 937 g/mol. The molecule has 1 aliphatic heterocycles. The number of non-ortho nitro benzene ring substituents is 1. The molecule has 6 rings (SSSR count). The van der Waals surface area contributed by atoms with Crippen molar-refractivity contribution in [3.05, 3.63) is 159 Å². The first-order valence-corrected chi connectivity index (χ1v) is 26.3. The summed E-state index contributed by atoms with van der Waals surface area (Å²) in [6.45, 7) is 11.2. The fraction of sp³-hybridized carbons (Fsp3) is 0.304. The van der Waals surface area contributed by atoms with Crippen molar-refractivity contribution in [2.24, 2.45) is 5.16 Å². The fourth-order valence-corrected chi connectivity index (χ4v) is 9.15. The number of rotatable bonds is 20. The predicted octanol–water partition coefficient (Wildman–Crippen LogP) is 7.78. The summed E-state index contributed by atoms with van der Waals surface area (Å²) in [4.78, 5) is 74.2. The number of oxime groups is 1. The number of nitro benzene ring substituents is 1. The highest BCUT2D eigenvalue weighted by Gasteiger charge is 2.43. The largest absolute Gasteiger partial charge is 0.463 e. The summed E-state index contributed by atoms with van der Waals surface area (Å²) in [5, 5.41) is 27.8. The maximum atomic E-state index is 14.3. The second kappa shape index (κ2) is 20.9. The molecule has 1 unspecified atom stereocenters. The topological polar surface area (TPSA) is 212 Å². The lowest BCUT2D eigenvalue weighted by Crippen LogP contribution is -2.69. The Balaban J connectivity index is 1.23. The number of nitro groups is 1. The van der Waals surface area contributed by atoms with Gasteiger partial charge in [0.05, 0.1) is 16.9 Å². The van der Waals surface area contributed by atoms with Crippen LogP contribution in [-0.4, -0.2) is 76.6 Å². The Morgan fingerprint density at radius 3 is 2.00 bits per heavy atom. The van der Waals surface area contributed by atoms with E-state index in [4.69, 9.17) is 19.3 Å². The zero-order chi connectivity index (χ0) is 46.8. The second-order valence-electron chi connectivity index (χ2n) is 16.8. The van der Waals surface area contributed by atoms with Gasteiger partial charge in [-0.1, -0.05) is 116 Å². The predicted molar refractivity (Wildman–Crippen MR) is 253 cm³/mol. The van der Waals surface area contributed by atoms with Crippen LogP contribution < -0.4 is 21.3 Å². The Hall–Kier alpha value is -6.57. The Kier molecular flexibility index (Phi) is 15.4. The molecule has 340 valence electrons. The standard InChI is InChI=1S/C46H51N7O9S2Si/c1-30(47-44(57)61-28-31-22-24-35(25-23-31)53(58)59)64-41-38(40(55)50-41)49-39(54)37(52-62-45(2,3)42(56)60-26-27-65(4,5)6)36-29-63-43(48-36)51-46(32-16-10-7-11-17-32,33-18-12-8-13-19-33)34-20-14-9-15-21-34/h7-25,29-30,38,41H,26-28H2,1-6H3,(H,47,57)(H,48,51)(H,49,54)(H,50,55)/t30?,38-,41-/m1/s1. The highest BCUT2D eigenvalue weighted by molar-refractivity contribution is 8.00. The molecule has 2 heterocycles. The number of hydrogen-bond acceptors (Lipinski definition) is 14. The van der Waals surface area contributed by atoms with Crippen LogP contribution in [0.2, 0.25) is 25.7 Å². The smallest absolute Gasteiger partial charge is 0.408 e. The summed E-state index contributed by atoms with van der Waals surface area (Å²) in [6, 6.07) is 35.1. The summed E-state index contributed by atoms with van der Waals surface area (Å²) in [5.74, 6) is -1.95. The minimum absolute atomic E-state index is 0.0871. The van der Waals surface area contributed by atoms with Gasteiger partial charge in [-0.05, 0) is 61.2 Å². The molecule has 3 atom stereocenters. The molecular weight excluding hydrogens is 887 g/mol. The Morgan fingerprint density at radius 1 is 0.908 bits per heavy atom. The van der Waals surface area contributed by atoms with Crippen molar-refractivity contribution in [2.45, 2.75) is 81.0 Å². The lowest BCUT2D eigenvalue weighted by atomic mass is 9.77. The first-order chi connectivity index (χ1) is 30.9. The van der Waals surface area contributed by atoms with Crippen molar-refractivity contribution in [3.63, 3.8) is 0 Å². The van der Waals surface area contributed by atoms with Gasteiger partial charge in [0.1, 0.15) is 29.3 Å². The number of alkyl carbamates (subject to hydrolysis) is 1. The van der Waals surface area contributed by atoms with Gasteiger partial charge < -0.3 is 35.6 Å². The minimum Gasteiger partial charge on any atom is -0.463 e. The highest BCUT2D eigenvalue weighted by Crippen LogP contribution is 2.40. The highest BCUT2D eigenvalue weighted by atomic mass is 32.2. The van der Waals surface area contributed by atoms with E-state index < -0.39 is 64.8 Å². The van der Waals surface area contributed by atoms with E-state index >= 15 is 0 Å². The molecule has 1 saturated heterocycles. The first kappa shape index (κ1) is 47.9. The third kappa shape index (κ3) is 12.4. The first-order valence-electron chi connectivity index (χ1n) is 20.7. The normalized spacial score (nSPS) is 15.7. The number of β-lactam (4-membered cyclic amide) rings is 1. The molecule has 1 aliphatic rings. The lowest BCUT2D eigenvalue weighted by Gasteiger charge is -2.37. The van der Waals surface area contributed by atoms with E-state index in [1.54, 1.807) is 12.3 Å². The molecule has 16 nitrogen and oxygen atoms in total. The van der Waals surface area contributed by atoms with E-state index in [1.807, 2.05) is 91.0 Å². The molecule has 0 aliphatic carbocycles. The van der Waals surface area contributed by atoms with Crippen molar-refractivity contribution in [1.82, 2.24) is 20.9 Å². The van der Waals surface area contributed by atoms with Crippen LogP contribution in [0.25, 0.3) is 0 Å². The molecule has 5 aromatic rings. The van der Waals surface area contributed by atoms with Gasteiger partial charge in [0.15, 0.2) is 10.8 Å². The summed E-state index contributed by atoms with van der Waals surface area (Å²) >= 11 is 2.38. The van der Waals surface area contributed by atoms with Crippen molar-refractivity contribution >= 4 is 71.6 Å². The van der Waals surface area contributed by atoms with E-state index in [-0.39, 0.29) is 30.3 Å². The van der Waals surface area contributed by atoms with Gasteiger partial charge in [-0.25, -0.2) is 14.6 Å². The third-order valence-corrected chi connectivity index (χ3v) is 13.8. The molecule has 1 aromatic heterocycles. The van der Waals surface area contributed by atoms with Crippen molar-refractivity contribution < 1.29 is 38.4 Å². The van der Waals surface area contributed by atoms with Crippen LogP contribution >= 0.6 is 23.1 Å². The van der Waals surface area contributed by atoms with Gasteiger partial charge in [-0.15, -0.1) is 23.1 Å². The molecule has 0 spiro atoms. The van der Waals surface area contributed by atoms with Crippen LogP contribution in [0.4, 0.5) is 15.6 Å². The van der Waals surface area contributed by atoms with Crippen molar-refractivity contribution in [1.29, 1.82) is 0 Å². The molecule has 0 bridgehead atoms. The van der Waals surface area contributed by atoms with E-state index in [2.05, 4.69) is 46.1 Å². The van der Waals surface area contributed by atoms with E-state index in [9.17, 15) is 29.3 Å². The molecule has 1 fully saturated rings. The summed E-state index contributed by atoms with van der Waals surface area (Å²) in [7, 11) is -1.51. The van der Waals surface area contributed by atoms with Gasteiger partial charge in [-0.2, -0.15) is 0 Å². The minimum atomic E-state index is -1.61. The number of carbonyl (C=O) groups is 4. The summed E-state index contributed by atoms with van der Waals surface area (Å²) in [5.41, 5.74) is 0.518. The Labute approximate surface area is 386 Å². The maximum absolute atomic E-state index is 14.3. The van der Waals surface area contributed by atoms with Crippen molar-refractivity contribution in [3.8, 4) is 0 Å². The number of aromatic nitrogens is 1. The number of nitrogens with one attached hydrogen (secondary N) is 4. The molecule has 4 N–H and O–H groups in total. The number of carbonyl (C=O) groups excluding carboxylic acids is 4. The number of hydrogen-bond donors (Lipinski definition) is 4. The molecular formula is C46H51N7O9S2Si. The fourth-order valence-electron chi connectivity index (χ4n) is 6.55. The van der Waals surface area contributed by atoms with Gasteiger partial charge >= 0.3 is 12.1 Å². The van der Waals surface area contributed by atoms with Gasteiger partial charge in [0, 0.05) is 25.6 Å². The molecule has 19 heteroatoms. The SMILES string of the molecule is CC(NC(=O)OCc1ccc([N+](=O)[O-])cc1)S[C@H]1NC(=O)[C@H]1NC(=O)C(=NOC(C)(C)C(=O)OCC[Si](C)(C)C)c1csc(NC(c2ccccc2)(c2ccccc2)c2ccccc2)n1. The Bertz CT molecular complexity index is 2390. The molecule has 3 amide bonds. The van der Waals surface area contributed by atoms with Gasteiger partial charge in [0.2, 0.25) is 11.5 Å². The lowest BCUT2D eigenvalue weighted by molar-refractivity contribution is -0.384. The quantitative estimate of drug-likeness (QED) is 0.00861. The Morgan fingerprint density at radius 2 is 1.48 bits per heavy atom. The van der Waals surface area contributed by atoms with Crippen LogP contribution in [-0.2, 0) is 40.8 Å².